The molecular formula is C19H23NO4. The molecule has 0 fully saturated rings. The van der Waals surface area contributed by atoms with Crippen LogP contribution in [-0.2, 0) is 11.4 Å². The minimum atomic E-state index is -0.0771. The van der Waals surface area contributed by atoms with E-state index in [9.17, 15) is 4.79 Å². The third kappa shape index (κ3) is 5.59. The quantitative estimate of drug-likeness (QED) is 0.692. The molecule has 0 aliphatic carbocycles. The zero-order valence-electron chi connectivity index (χ0n) is 13.8. The van der Waals surface area contributed by atoms with E-state index in [-0.39, 0.29) is 12.5 Å². The van der Waals surface area contributed by atoms with Crippen molar-refractivity contribution in [3.63, 3.8) is 0 Å². The van der Waals surface area contributed by atoms with Gasteiger partial charge in [0.2, 0.25) is 5.91 Å². The topological polar surface area (TPSA) is 67.8 Å². The van der Waals surface area contributed by atoms with Crippen LogP contribution in [0.25, 0.3) is 0 Å². The molecule has 2 N–H and O–H groups in total. The number of nitrogens with one attached hydrogen (secondary N) is 1. The molecule has 0 aliphatic heterocycles. The highest BCUT2D eigenvalue weighted by Crippen LogP contribution is 2.26. The van der Waals surface area contributed by atoms with Gasteiger partial charge in [0.05, 0.1) is 19.8 Å². The summed E-state index contributed by atoms with van der Waals surface area (Å²) in [6, 6.07) is 14.7. The van der Waals surface area contributed by atoms with Gasteiger partial charge < -0.3 is 19.9 Å². The molecule has 0 aliphatic rings. The van der Waals surface area contributed by atoms with Gasteiger partial charge in [0.1, 0.15) is 0 Å². The van der Waals surface area contributed by atoms with Gasteiger partial charge in [-0.05, 0) is 43.2 Å². The summed E-state index contributed by atoms with van der Waals surface area (Å²) in [6.07, 6.45) is 0.964. The molecule has 5 nitrogen and oxygen atoms in total. The van der Waals surface area contributed by atoms with Gasteiger partial charge in [-0.15, -0.1) is 0 Å². The number of carbonyl (C=O) groups excluding carboxylic acids is 1. The maximum Gasteiger partial charge on any atom is 0.224 e. The van der Waals surface area contributed by atoms with Crippen molar-refractivity contribution in [2.45, 2.75) is 26.4 Å². The molecule has 0 spiro atoms. The lowest BCUT2D eigenvalue weighted by Gasteiger charge is -2.11. The van der Waals surface area contributed by atoms with E-state index >= 15 is 0 Å². The van der Waals surface area contributed by atoms with Crippen LogP contribution in [0.2, 0.25) is 0 Å². The number of ether oxygens (including phenoxy) is 2. The molecule has 0 bridgehead atoms. The predicted octanol–water partition coefficient (Wildman–Crippen LogP) is 3.38. The van der Waals surface area contributed by atoms with E-state index in [1.165, 1.54) is 0 Å². The van der Waals surface area contributed by atoms with Crippen molar-refractivity contribution < 1.29 is 19.4 Å². The molecule has 0 atom stereocenters. The summed E-state index contributed by atoms with van der Waals surface area (Å²) in [5.74, 6) is 1.33. The zero-order chi connectivity index (χ0) is 17.2. The number of hydrogen-bond donors (Lipinski definition) is 2. The maximum atomic E-state index is 11.9. The molecule has 2 rings (SSSR count). The van der Waals surface area contributed by atoms with Gasteiger partial charge in [0.25, 0.3) is 0 Å². The lowest BCUT2D eigenvalue weighted by molar-refractivity contribution is -0.116. The molecule has 0 radical (unpaired) electrons. The molecule has 0 saturated heterocycles. The van der Waals surface area contributed by atoms with E-state index < -0.39 is 0 Å². The lowest BCUT2D eigenvalue weighted by Crippen LogP contribution is -2.13. The Morgan fingerprint density at radius 1 is 1.08 bits per heavy atom. The standard InChI is InChI=1S/C19H23NO4/c1-2-23-17-9-3-4-10-18(17)24-12-6-11-19(22)20-16-8-5-7-15(13-16)14-21/h3-5,7-10,13,21H,2,6,11-12,14H2,1H3,(H,20,22). The smallest absolute Gasteiger partial charge is 0.224 e. The third-order valence-electron chi connectivity index (χ3n) is 3.35. The van der Waals surface area contributed by atoms with Gasteiger partial charge in [0.15, 0.2) is 11.5 Å². The average Bonchev–Trinajstić information content (AvgIpc) is 2.60. The number of benzene rings is 2. The number of carbonyl (C=O) groups is 1. The van der Waals surface area contributed by atoms with Crippen molar-refractivity contribution in [2.75, 3.05) is 18.5 Å². The van der Waals surface area contributed by atoms with Gasteiger partial charge in [-0.2, -0.15) is 0 Å². The normalized spacial score (nSPS) is 10.2. The summed E-state index contributed by atoms with van der Waals surface area (Å²) in [7, 11) is 0. The van der Waals surface area contributed by atoms with Crippen LogP contribution in [-0.4, -0.2) is 24.2 Å². The summed E-state index contributed by atoms with van der Waals surface area (Å²) < 4.78 is 11.2. The highest BCUT2D eigenvalue weighted by Gasteiger charge is 2.06. The van der Waals surface area contributed by atoms with Gasteiger partial charge in [-0.25, -0.2) is 0 Å². The van der Waals surface area contributed by atoms with Crippen molar-refractivity contribution in [1.29, 1.82) is 0 Å². The molecule has 2 aromatic rings. The summed E-state index contributed by atoms with van der Waals surface area (Å²) in [4.78, 5) is 11.9. The number of anilines is 1. The van der Waals surface area contributed by atoms with Gasteiger partial charge in [0, 0.05) is 12.1 Å². The molecule has 24 heavy (non-hydrogen) atoms. The number of para-hydroxylation sites is 2. The fourth-order valence-corrected chi connectivity index (χ4v) is 2.23. The molecule has 0 unspecified atom stereocenters. The summed E-state index contributed by atoms with van der Waals surface area (Å²) >= 11 is 0. The Kier molecular flexibility index (Phi) is 7.11. The van der Waals surface area contributed by atoms with E-state index in [2.05, 4.69) is 5.32 Å². The molecule has 128 valence electrons. The van der Waals surface area contributed by atoms with E-state index in [1.807, 2.05) is 31.2 Å². The molecule has 2 aromatic carbocycles. The Hall–Kier alpha value is -2.53. The van der Waals surface area contributed by atoms with E-state index in [4.69, 9.17) is 14.6 Å². The highest BCUT2D eigenvalue weighted by atomic mass is 16.5. The number of aliphatic hydroxyl groups excluding tert-OH is 1. The maximum absolute atomic E-state index is 11.9. The van der Waals surface area contributed by atoms with E-state index in [0.717, 1.165) is 5.56 Å². The van der Waals surface area contributed by atoms with E-state index in [0.29, 0.717) is 43.2 Å². The zero-order valence-corrected chi connectivity index (χ0v) is 13.8. The average molecular weight is 329 g/mol. The van der Waals surface area contributed by atoms with Gasteiger partial charge >= 0.3 is 0 Å². The first kappa shape index (κ1) is 17.8. The van der Waals surface area contributed by atoms with Crippen LogP contribution < -0.4 is 14.8 Å². The SMILES string of the molecule is CCOc1ccccc1OCCCC(=O)Nc1cccc(CO)c1. The second-order valence-electron chi connectivity index (χ2n) is 5.24. The Labute approximate surface area is 142 Å². The number of aliphatic hydroxyl groups is 1. The minimum Gasteiger partial charge on any atom is -0.490 e. The van der Waals surface area contributed by atoms with Crippen LogP contribution in [0.4, 0.5) is 5.69 Å². The molecule has 5 heteroatoms. The summed E-state index contributed by atoms with van der Waals surface area (Å²) in [5, 5.41) is 11.9. The lowest BCUT2D eigenvalue weighted by atomic mass is 10.2. The molecule has 0 saturated carbocycles. The summed E-state index contributed by atoms with van der Waals surface area (Å²) in [5.41, 5.74) is 1.46. The number of rotatable bonds is 9. The second-order valence-corrected chi connectivity index (χ2v) is 5.24. The van der Waals surface area contributed by atoms with Crippen molar-refractivity contribution in [3.05, 3.63) is 54.1 Å². The summed E-state index contributed by atoms with van der Waals surface area (Å²) in [6.45, 7) is 2.90. The highest BCUT2D eigenvalue weighted by molar-refractivity contribution is 5.90. The van der Waals surface area contributed by atoms with Crippen LogP contribution in [0.1, 0.15) is 25.3 Å². The van der Waals surface area contributed by atoms with Crippen molar-refractivity contribution in [1.82, 2.24) is 0 Å². The Bertz CT molecular complexity index is 657. The van der Waals surface area contributed by atoms with Crippen LogP contribution in [0.15, 0.2) is 48.5 Å². The van der Waals surface area contributed by atoms with Gasteiger partial charge in [-0.1, -0.05) is 24.3 Å². The largest absolute Gasteiger partial charge is 0.490 e. The second kappa shape index (κ2) is 9.57. The van der Waals surface area contributed by atoms with Gasteiger partial charge in [-0.3, -0.25) is 4.79 Å². The Balaban J connectivity index is 1.75. The predicted molar refractivity (Wildman–Crippen MR) is 93.3 cm³/mol. The van der Waals surface area contributed by atoms with Crippen LogP contribution in [0.3, 0.4) is 0 Å². The van der Waals surface area contributed by atoms with Crippen LogP contribution >= 0.6 is 0 Å². The minimum absolute atomic E-state index is 0.0449. The van der Waals surface area contributed by atoms with Crippen LogP contribution in [0, 0.1) is 0 Å². The fourth-order valence-electron chi connectivity index (χ4n) is 2.23. The first-order valence-electron chi connectivity index (χ1n) is 8.07. The monoisotopic (exact) mass is 329 g/mol. The van der Waals surface area contributed by atoms with E-state index in [1.54, 1.807) is 24.3 Å². The molecular weight excluding hydrogens is 306 g/mol. The first-order valence-corrected chi connectivity index (χ1v) is 8.07. The first-order chi connectivity index (χ1) is 11.7. The van der Waals surface area contributed by atoms with Crippen molar-refractivity contribution in [2.24, 2.45) is 0 Å². The van der Waals surface area contributed by atoms with Crippen molar-refractivity contribution in [3.8, 4) is 11.5 Å². The third-order valence-corrected chi connectivity index (χ3v) is 3.35. The number of amides is 1. The molecule has 0 heterocycles. The fraction of sp³-hybridized carbons (Fsp3) is 0.316. The molecule has 0 aromatic heterocycles. The van der Waals surface area contributed by atoms with Crippen molar-refractivity contribution >= 4 is 11.6 Å². The number of hydrogen-bond acceptors (Lipinski definition) is 4. The van der Waals surface area contributed by atoms with Crippen LogP contribution in [0.5, 0.6) is 11.5 Å². The Morgan fingerprint density at radius 2 is 1.83 bits per heavy atom. The molecule has 1 amide bonds. The Morgan fingerprint density at radius 3 is 2.54 bits per heavy atom.